The molecule has 1 heterocycles. The van der Waals surface area contributed by atoms with Crippen LogP contribution in [0.15, 0.2) is 36.5 Å². The predicted octanol–water partition coefficient (Wildman–Crippen LogP) is 3.42. The van der Waals surface area contributed by atoms with Crippen molar-refractivity contribution in [2.24, 2.45) is 0 Å². The molecule has 0 aliphatic heterocycles. The third-order valence-electron chi connectivity index (χ3n) is 3.78. The fourth-order valence-corrected chi connectivity index (χ4v) is 2.44. The highest BCUT2D eigenvalue weighted by molar-refractivity contribution is 5.80. The van der Waals surface area contributed by atoms with Crippen molar-refractivity contribution in [1.82, 2.24) is 9.97 Å². The monoisotopic (exact) mass is 324 g/mol. The van der Waals surface area contributed by atoms with Gasteiger partial charge in [-0.15, -0.1) is 6.42 Å². The van der Waals surface area contributed by atoms with Crippen molar-refractivity contribution in [3.8, 4) is 23.7 Å². The zero-order chi connectivity index (χ0) is 17.3. The summed E-state index contributed by atoms with van der Waals surface area (Å²) in [5.41, 5.74) is 1.69. The maximum Gasteiger partial charge on any atom is 0.170 e. The Morgan fingerprint density at radius 1 is 1.21 bits per heavy atom. The molecule has 0 saturated heterocycles. The van der Waals surface area contributed by atoms with Crippen molar-refractivity contribution in [3.63, 3.8) is 0 Å². The summed E-state index contributed by atoms with van der Waals surface area (Å²) in [6, 6.07) is 8.29. The Balaban J connectivity index is 2.02. The van der Waals surface area contributed by atoms with E-state index < -0.39 is 17.7 Å². The second kappa shape index (κ2) is 6.34. The number of fused-ring (bicyclic) bond motifs is 1. The number of aryl methyl sites for hydroxylation is 1. The fourth-order valence-electron chi connectivity index (χ4n) is 2.44. The third-order valence-corrected chi connectivity index (χ3v) is 3.78. The number of halogens is 2. The molecule has 0 fully saturated rings. The first-order chi connectivity index (χ1) is 11.5. The van der Waals surface area contributed by atoms with Crippen molar-refractivity contribution >= 4 is 10.9 Å². The average molecular weight is 324 g/mol. The van der Waals surface area contributed by atoms with E-state index in [2.05, 4.69) is 15.9 Å². The summed E-state index contributed by atoms with van der Waals surface area (Å²) in [6.45, 7) is 1.50. The summed E-state index contributed by atoms with van der Waals surface area (Å²) in [5, 5.41) is 10.2. The molecule has 3 nitrogen and oxygen atoms in total. The van der Waals surface area contributed by atoms with Crippen LogP contribution in [-0.2, 0) is 6.42 Å². The second-order valence-electron chi connectivity index (χ2n) is 5.53. The van der Waals surface area contributed by atoms with Crippen LogP contribution in [0, 0.1) is 30.9 Å². The molecule has 0 aliphatic carbocycles. The molecule has 3 aromatic rings. The standard InChI is InChI=1S/C19H14F2N2O/c1-3-14(24)9-12-5-7-16-13(8-12)10-22-19(23-16)15-6-4-11(2)17(20)18(15)21/h1,4-8,10,14,24H,9H2,2H3. The van der Waals surface area contributed by atoms with Gasteiger partial charge in [-0.05, 0) is 36.2 Å². The molecule has 2 aromatic carbocycles. The number of aliphatic hydroxyl groups is 1. The molecule has 120 valence electrons. The van der Waals surface area contributed by atoms with E-state index in [1.807, 2.05) is 6.07 Å². The molecule has 3 rings (SSSR count). The molecule has 0 bridgehead atoms. The van der Waals surface area contributed by atoms with Gasteiger partial charge in [-0.3, -0.25) is 0 Å². The molecule has 0 radical (unpaired) electrons. The summed E-state index contributed by atoms with van der Waals surface area (Å²) in [7, 11) is 0. The maximum atomic E-state index is 14.1. The first kappa shape index (κ1) is 16.0. The first-order valence-electron chi connectivity index (χ1n) is 7.34. The summed E-state index contributed by atoms with van der Waals surface area (Å²) >= 11 is 0. The fraction of sp³-hybridized carbons (Fsp3) is 0.158. The van der Waals surface area contributed by atoms with Crippen LogP contribution in [-0.4, -0.2) is 21.2 Å². The second-order valence-corrected chi connectivity index (χ2v) is 5.53. The molecule has 5 heteroatoms. The number of nitrogens with zero attached hydrogens (tertiary/aromatic N) is 2. The molecule has 1 atom stereocenters. The van der Waals surface area contributed by atoms with Gasteiger partial charge in [-0.25, -0.2) is 18.7 Å². The van der Waals surface area contributed by atoms with Gasteiger partial charge in [0.15, 0.2) is 17.5 Å². The number of aliphatic hydroxyl groups excluding tert-OH is 1. The van der Waals surface area contributed by atoms with Crippen LogP contribution in [0.3, 0.4) is 0 Å². The van der Waals surface area contributed by atoms with E-state index >= 15 is 0 Å². The minimum atomic E-state index is -0.955. The SMILES string of the molecule is C#CC(O)Cc1ccc2nc(-c3ccc(C)c(F)c3F)ncc2c1. The minimum Gasteiger partial charge on any atom is -0.380 e. The number of rotatable bonds is 3. The molecule has 0 spiro atoms. The Hall–Kier alpha value is -2.84. The van der Waals surface area contributed by atoms with E-state index in [-0.39, 0.29) is 17.0 Å². The molecule has 1 N–H and O–H groups in total. The summed E-state index contributed by atoms with van der Waals surface area (Å²) in [4.78, 5) is 8.43. The lowest BCUT2D eigenvalue weighted by Gasteiger charge is -2.08. The van der Waals surface area contributed by atoms with Gasteiger partial charge in [-0.2, -0.15) is 0 Å². The number of hydrogen-bond acceptors (Lipinski definition) is 3. The van der Waals surface area contributed by atoms with Gasteiger partial charge >= 0.3 is 0 Å². The van der Waals surface area contributed by atoms with Gasteiger partial charge in [0.25, 0.3) is 0 Å². The minimum absolute atomic E-state index is 0.0202. The highest BCUT2D eigenvalue weighted by atomic mass is 19.2. The molecule has 0 amide bonds. The largest absolute Gasteiger partial charge is 0.380 e. The Bertz CT molecular complexity index is 963. The smallest absolute Gasteiger partial charge is 0.170 e. The maximum absolute atomic E-state index is 14.1. The molecule has 1 unspecified atom stereocenters. The Kier molecular flexibility index (Phi) is 4.24. The van der Waals surface area contributed by atoms with Crippen molar-refractivity contribution in [1.29, 1.82) is 0 Å². The van der Waals surface area contributed by atoms with Crippen LogP contribution in [0.4, 0.5) is 8.78 Å². The average Bonchev–Trinajstić information content (AvgIpc) is 2.59. The van der Waals surface area contributed by atoms with Gasteiger partial charge in [0, 0.05) is 18.0 Å². The van der Waals surface area contributed by atoms with E-state index in [0.717, 1.165) is 10.9 Å². The van der Waals surface area contributed by atoms with Crippen LogP contribution >= 0.6 is 0 Å². The van der Waals surface area contributed by atoms with E-state index in [1.54, 1.807) is 18.3 Å². The normalized spacial score (nSPS) is 12.1. The Morgan fingerprint density at radius 3 is 2.75 bits per heavy atom. The van der Waals surface area contributed by atoms with E-state index in [4.69, 9.17) is 6.42 Å². The van der Waals surface area contributed by atoms with Gasteiger partial charge in [0.05, 0.1) is 11.1 Å². The van der Waals surface area contributed by atoms with Crippen LogP contribution in [0.5, 0.6) is 0 Å². The lowest BCUT2D eigenvalue weighted by molar-refractivity contribution is 0.233. The van der Waals surface area contributed by atoms with Crippen LogP contribution in [0.25, 0.3) is 22.3 Å². The van der Waals surface area contributed by atoms with Crippen molar-refractivity contribution in [2.45, 2.75) is 19.4 Å². The number of hydrogen-bond donors (Lipinski definition) is 1. The summed E-state index contributed by atoms with van der Waals surface area (Å²) in [5.74, 6) is 0.527. The Morgan fingerprint density at radius 2 is 2.00 bits per heavy atom. The van der Waals surface area contributed by atoms with Crippen molar-refractivity contribution < 1.29 is 13.9 Å². The first-order valence-corrected chi connectivity index (χ1v) is 7.34. The topological polar surface area (TPSA) is 46.0 Å². The third kappa shape index (κ3) is 2.97. The van der Waals surface area contributed by atoms with Crippen LogP contribution in [0.2, 0.25) is 0 Å². The molecule has 1 aromatic heterocycles. The molecular formula is C19H14F2N2O. The number of aromatic nitrogens is 2. The van der Waals surface area contributed by atoms with Crippen molar-refractivity contribution in [3.05, 3.63) is 59.3 Å². The van der Waals surface area contributed by atoms with Gasteiger partial charge < -0.3 is 5.11 Å². The zero-order valence-corrected chi connectivity index (χ0v) is 12.9. The quantitative estimate of drug-likeness (QED) is 0.751. The number of benzene rings is 2. The predicted molar refractivity (Wildman–Crippen MR) is 88.2 cm³/mol. The molecular weight excluding hydrogens is 310 g/mol. The van der Waals surface area contributed by atoms with E-state index in [1.165, 1.54) is 19.1 Å². The lowest BCUT2D eigenvalue weighted by atomic mass is 10.1. The molecule has 0 saturated carbocycles. The lowest BCUT2D eigenvalue weighted by Crippen LogP contribution is -2.06. The van der Waals surface area contributed by atoms with E-state index in [0.29, 0.717) is 11.9 Å². The van der Waals surface area contributed by atoms with Crippen LogP contribution in [0.1, 0.15) is 11.1 Å². The summed E-state index contributed by atoms with van der Waals surface area (Å²) in [6.07, 6.45) is 6.18. The zero-order valence-electron chi connectivity index (χ0n) is 12.9. The Labute approximate surface area is 138 Å². The number of terminal acetylenes is 1. The highest BCUT2D eigenvalue weighted by Gasteiger charge is 2.15. The van der Waals surface area contributed by atoms with Crippen molar-refractivity contribution in [2.75, 3.05) is 0 Å². The summed E-state index contributed by atoms with van der Waals surface area (Å²) < 4.78 is 27.8. The molecule has 24 heavy (non-hydrogen) atoms. The van der Waals surface area contributed by atoms with Gasteiger partial charge in [0.1, 0.15) is 6.10 Å². The van der Waals surface area contributed by atoms with E-state index in [9.17, 15) is 13.9 Å². The van der Waals surface area contributed by atoms with Crippen LogP contribution < -0.4 is 0 Å². The van der Waals surface area contributed by atoms with Gasteiger partial charge in [0.2, 0.25) is 0 Å². The molecule has 0 aliphatic rings. The highest BCUT2D eigenvalue weighted by Crippen LogP contribution is 2.25. The van der Waals surface area contributed by atoms with Gasteiger partial charge in [-0.1, -0.05) is 18.1 Å².